The van der Waals surface area contributed by atoms with Crippen LogP contribution in [0.25, 0.3) is 0 Å². The largest absolute Gasteiger partial charge is 0.462 e. The lowest BCUT2D eigenvalue weighted by Crippen LogP contribution is -2.30. The molecule has 0 saturated heterocycles. The van der Waals surface area contributed by atoms with Gasteiger partial charge in [-0.15, -0.1) is 0 Å². The van der Waals surface area contributed by atoms with E-state index in [2.05, 4.69) is 45.1 Å². The number of hydrogen-bond acceptors (Lipinski definition) is 6. The van der Waals surface area contributed by atoms with Crippen molar-refractivity contribution in [2.75, 3.05) is 13.2 Å². The summed E-state index contributed by atoms with van der Waals surface area (Å²) >= 11 is 0. The van der Waals surface area contributed by atoms with Gasteiger partial charge in [-0.1, -0.05) is 180 Å². The number of ether oxygens (including phenoxy) is 3. The first-order valence-electron chi connectivity index (χ1n) is 23.3. The summed E-state index contributed by atoms with van der Waals surface area (Å²) in [5, 5.41) is 0. The molecule has 316 valence electrons. The van der Waals surface area contributed by atoms with Crippen LogP contribution in [0.3, 0.4) is 0 Å². The summed E-state index contributed by atoms with van der Waals surface area (Å²) in [6.45, 7) is 6.57. The lowest BCUT2D eigenvalue weighted by Gasteiger charge is -2.18. The molecular formula is C48H88O6. The Morgan fingerprint density at radius 1 is 0.352 bits per heavy atom. The van der Waals surface area contributed by atoms with Crippen molar-refractivity contribution in [1.82, 2.24) is 0 Å². The fourth-order valence-electron chi connectivity index (χ4n) is 6.61. The summed E-state index contributed by atoms with van der Waals surface area (Å²) in [5.74, 6) is -0.885. The third-order valence-electron chi connectivity index (χ3n) is 10.2. The van der Waals surface area contributed by atoms with E-state index in [1.165, 1.54) is 141 Å². The number of allylic oxidation sites excluding steroid dienone is 4. The molecule has 6 heteroatoms. The van der Waals surface area contributed by atoms with Crippen molar-refractivity contribution in [3.8, 4) is 0 Å². The molecule has 0 bridgehead atoms. The van der Waals surface area contributed by atoms with Gasteiger partial charge in [0.15, 0.2) is 6.10 Å². The highest BCUT2D eigenvalue weighted by atomic mass is 16.6. The fourth-order valence-corrected chi connectivity index (χ4v) is 6.61. The molecule has 0 N–H and O–H groups in total. The van der Waals surface area contributed by atoms with Crippen LogP contribution in [0.5, 0.6) is 0 Å². The van der Waals surface area contributed by atoms with Crippen molar-refractivity contribution in [2.45, 2.75) is 252 Å². The van der Waals surface area contributed by atoms with Crippen LogP contribution in [0.4, 0.5) is 0 Å². The zero-order chi connectivity index (χ0) is 39.4. The van der Waals surface area contributed by atoms with Crippen LogP contribution < -0.4 is 0 Å². The summed E-state index contributed by atoms with van der Waals surface area (Å²) in [6.07, 6.45) is 47.3. The van der Waals surface area contributed by atoms with Gasteiger partial charge in [0.2, 0.25) is 0 Å². The molecule has 6 nitrogen and oxygen atoms in total. The molecule has 0 amide bonds. The zero-order valence-corrected chi connectivity index (χ0v) is 36.0. The smallest absolute Gasteiger partial charge is 0.306 e. The minimum Gasteiger partial charge on any atom is -0.462 e. The molecule has 0 aliphatic carbocycles. The average Bonchev–Trinajstić information content (AvgIpc) is 3.17. The Labute approximate surface area is 334 Å². The second-order valence-corrected chi connectivity index (χ2v) is 15.7. The Hall–Kier alpha value is -2.11. The summed E-state index contributed by atoms with van der Waals surface area (Å²) < 4.78 is 16.7. The molecule has 1 atom stereocenters. The number of esters is 3. The van der Waals surface area contributed by atoms with Gasteiger partial charge < -0.3 is 14.2 Å². The molecule has 0 heterocycles. The van der Waals surface area contributed by atoms with Crippen molar-refractivity contribution in [2.24, 2.45) is 0 Å². The lowest BCUT2D eigenvalue weighted by molar-refractivity contribution is -0.167. The van der Waals surface area contributed by atoms with Crippen LogP contribution >= 0.6 is 0 Å². The van der Waals surface area contributed by atoms with Crippen molar-refractivity contribution < 1.29 is 28.6 Å². The van der Waals surface area contributed by atoms with E-state index in [9.17, 15) is 14.4 Å². The summed E-state index contributed by atoms with van der Waals surface area (Å²) in [7, 11) is 0. The Bertz CT molecular complexity index is 880. The number of carbonyl (C=O) groups is 3. The normalized spacial score (nSPS) is 12.1. The first-order chi connectivity index (χ1) is 26.5. The highest BCUT2D eigenvalue weighted by molar-refractivity contribution is 5.71. The van der Waals surface area contributed by atoms with Gasteiger partial charge in [-0.2, -0.15) is 0 Å². The van der Waals surface area contributed by atoms with Crippen molar-refractivity contribution >= 4 is 17.9 Å². The predicted octanol–water partition coefficient (Wildman–Crippen LogP) is 14.8. The van der Waals surface area contributed by atoms with E-state index in [0.29, 0.717) is 19.3 Å². The Morgan fingerprint density at radius 3 is 0.981 bits per heavy atom. The molecule has 0 aromatic rings. The Kier molecular flexibility index (Phi) is 41.9. The van der Waals surface area contributed by atoms with Gasteiger partial charge in [0.25, 0.3) is 0 Å². The van der Waals surface area contributed by atoms with Crippen molar-refractivity contribution in [1.29, 1.82) is 0 Å². The van der Waals surface area contributed by atoms with E-state index in [1.54, 1.807) is 0 Å². The minimum absolute atomic E-state index is 0.0734. The molecule has 0 saturated carbocycles. The zero-order valence-electron chi connectivity index (χ0n) is 36.0. The van der Waals surface area contributed by atoms with Gasteiger partial charge in [0, 0.05) is 19.3 Å². The van der Waals surface area contributed by atoms with Gasteiger partial charge in [0.1, 0.15) is 13.2 Å². The molecule has 0 aliphatic rings. The number of rotatable bonds is 42. The maximum absolute atomic E-state index is 12.7. The third-order valence-corrected chi connectivity index (χ3v) is 10.2. The van der Waals surface area contributed by atoms with Crippen LogP contribution in [0, 0.1) is 0 Å². The molecule has 0 aromatic heterocycles. The van der Waals surface area contributed by atoms with E-state index in [-0.39, 0.29) is 31.1 Å². The summed E-state index contributed by atoms with van der Waals surface area (Å²) in [5.41, 5.74) is 0. The quantitative estimate of drug-likeness (QED) is 0.0267. The highest BCUT2D eigenvalue weighted by Gasteiger charge is 2.19. The molecule has 54 heavy (non-hydrogen) atoms. The first kappa shape index (κ1) is 51.9. The number of carbonyl (C=O) groups excluding carboxylic acids is 3. The van der Waals surface area contributed by atoms with E-state index < -0.39 is 6.10 Å². The predicted molar refractivity (Wildman–Crippen MR) is 229 cm³/mol. The molecular weight excluding hydrogens is 673 g/mol. The van der Waals surface area contributed by atoms with E-state index in [0.717, 1.165) is 64.2 Å². The molecule has 0 rings (SSSR count). The maximum atomic E-state index is 12.7. The van der Waals surface area contributed by atoms with E-state index >= 15 is 0 Å². The summed E-state index contributed by atoms with van der Waals surface area (Å²) in [6, 6.07) is 0. The lowest BCUT2D eigenvalue weighted by atomic mass is 10.1. The van der Waals surface area contributed by atoms with Crippen LogP contribution in [0.15, 0.2) is 24.3 Å². The van der Waals surface area contributed by atoms with Crippen LogP contribution in [-0.2, 0) is 28.6 Å². The van der Waals surface area contributed by atoms with Gasteiger partial charge in [-0.25, -0.2) is 0 Å². The minimum atomic E-state index is -0.770. The fraction of sp³-hybridized carbons (Fsp3) is 0.854. The van der Waals surface area contributed by atoms with Crippen LogP contribution in [-0.4, -0.2) is 37.2 Å². The van der Waals surface area contributed by atoms with Crippen molar-refractivity contribution in [3.05, 3.63) is 24.3 Å². The highest BCUT2D eigenvalue weighted by Crippen LogP contribution is 2.14. The Morgan fingerprint density at radius 2 is 0.611 bits per heavy atom. The molecule has 0 radical (unpaired) electrons. The van der Waals surface area contributed by atoms with E-state index in [4.69, 9.17) is 14.2 Å². The monoisotopic (exact) mass is 761 g/mol. The molecule has 0 fully saturated rings. The standard InChI is InChI=1S/C48H88O6/c1-4-7-10-13-16-19-21-23-24-25-27-29-32-35-38-41-47(50)53-44-45(43-52-46(49)40-37-34-31-28-18-15-12-9-6-3)54-48(51)42-39-36-33-30-26-22-20-17-14-11-8-5-2/h17,19-21,45H,4-16,18,22-44H2,1-3H3/b20-17-,21-19-. The molecule has 0 aliphatic heterocycles. The number of hydrogen-bond donors (Lipinski definition) is 0. The van der Waals surface area contributed by atoms with Gasteiger partial charge in [-0.05, 0) is 70.6 Å². The molecule has 1 unspecified atom stereocenters. The van der Waals surface area contributed by atoms with Gasteiger partial charge in [-0.3, -0.25) is 14.4 Å². The second-order valence-electron chi connectivity index (χ2n) is 15.7. The molecule has 0 aromatic carbocycles. The van der Waals surface area contributed by atoms with Crippen LogP contribution in [0.2, 0.25) is 0 Å². The maximum Gasteiger partial charge on any atom is 0.306 e. The summed E-state index contributed by atoms with van der Waals surface area (Å²) in [4.78, 5) is 37.7. The number of unbranched alkanes of at least 4 members (excludes halogenated alkanes) is 27. The average molecular weight is 761 g/mol. The SMILES string of the molecule is CCCCC/C=C\CCCCCCCC(=O)OC(COC(=O)CCCCCCCCC/C=C\CCCCCC)COC(=O)CCCCCCCCCCC. The van der Waals surface area contributed by atoms with Crippen LogP contribution in [0.1, 0.15) is 245 Å². The van der Waals surface area contributed by atoms with Gasteiger partial charge in [0.05, 0.1) is 0 Å². The van der Waals surface area contributed by atoms with E-state index in [1.807, 2.05) is 0 Å². The Balaban J connectivity index is 4.33. The van der Waals surface area contributed by atoms with Gasteiger partial charge >= 0.3 is 17.9 Å². The first-order valence-corrected chi connectivity index (χ1v) is 23.3. The second kappa shape index (κ2) is 43.6. The third kappa shape index (κ3) is 41.1. The topological polar surface area (TPSA) is 78.9 Å². The molecule has 0 spiro atoms. The van der Waals surface area contributed by atoms with Crippen molar-refractivity contribution in [3.63, 3.8) is 0 Å².